The number of amides is 1. The fourth-order valence-electron chi connectivity index (χ4n) is 3.90. The number of halogens is 1. The molecule has 3 aromatic rings. The van der Waals surface area contributed by atoms with Crippen LogP contribution in [0.5, 0.6) is 5.75 Å². The van der Waals surface area contributed by atoms with Crippen LogP contribution >= 0.6 is 0 Å². The highest BCUT2D eigenvalue weighted by Crippen LogP contribution is 2.35. The molecule has 164 valence electrons. The third kappa shape index (κ3) is 4.06. The van der Waals surface area contributed by atoms with Crippen molar-refractivity contribution in [1.29, 1.82) is 0 Å². The van der Waals surface area contributed by atoms with Gasteiger partial charge in [0.2, 0.25) is 5.91 Å². The monoisotopic (exact) mass is 432 g/mol. The molecule has 0 saturated heterocycles. The van der Waals surface area contributed by atoms with Crippen molar-refractivity contribution in [3.8, 4) is 11.4 Å². The average Bonchev–Trinajstić information content (AvgIpc) is 3.21. The van der Waals surface area contributed by atoms with E-state index in [9.17, 15) is 9.18 Å². The number of hydrogen-bond donors (Lipinski definition) is 0. The Bertz CT molecular complexity index is 1210. The van der Waals surface area contributed by atoms with Crippen molar-refractivity contribution in [1.82, 2.24) is 14.5 Å². The van der Waals surface area contributed by atoms with Gasteiger partial charge in [-0.3, -0.25) is 4.79 Å². The van der Waals surface area contributed by atoms with Crippen molar-refractivity contribution in [3.05, 3.63) is 83.7 Å². The van der Waals surface area contributed by atoms with Gasteiger partial charge in [0.15, 0.2) is 0 Å². The summed E-state index contributed by atoms with van der Waals surface area (Å²) in [6, 6.07) is 12.1. The maximum atomic E-state index is 13.4. The number of amidine groups is 1. The molecule has 0 fully saturated rings. The summed E-state index contributed by atoms with van der Waals surface area (Å²) in [6.07, 6.45) is 7.61. The Morgan fingerprint density at radius 2 is 1.91 bits per heavy atom. The Labute approximate surface area is 186 Å². The zero-order valence-corrected chi connectivity index (χ0v) is 18.5. The number of aryl methyl sites for hydroxylation is 1. The van der Waals surface area contributed by atoms with Crippen LogP contribution in [0.2, 0.25) is 0 Å². The number of benzene rings is 2. The molecule has 1 unspecified atom stereocenters. The van der Waals surface area contributed by atoms with Gasteiger partial charge in [-0.05, 0) is 55.3 Å². The molecule has 1 aliphatic heterocycles. The number of methoxy groups -OCH3 is 1. The lowest BCUT2D eigenvalue weighted by molar-refractivity contribution is -0.121. The predicted molar refractivity (Wildman–Crippen MR) is 122 cm³/mol. The molecule has 1 aliphatic rings. The van der Waals surface area contributed by atoms with E-state index in [2.05, 4.69) is 9.98 Å². The molecule has 0 aliphatic carbocycles. The van der Waals surface area contributed by atoms with Crippen molar-refractivity contribution < 1.29 is 13.9 Å². The van der Waals surface area contributed by atoms with Crippen molar-refractivity contribution in [2.45, 2.75) is 25.8 Å². The topological polar surface area (TPSA) is 59.7 Å². The van der Waals surface area contributed by atoms with Crippen LogP contribution in [-0.2, 0) is 10.3 Å². The van der Waals surface area contributed by atoms with E-state index in [1.165, 1.54) is 12.1 Å². The van der Waals surface area contributed by atoms with E-state index >= 15 is 0 Å². The predicted octanol–water partition coefficient (Wildman–Crippen LogP) is 4.52. The average molecular weight is 432 g/mol. The highest BCUT2D eigenvalue weighted by atomic mass is 19.1. The molecule has 32 heavy (non-hydrogen) atoms. The van der Waals surface area contributed by atoms with E-state index in [0.29, 0.717) is 11.6 Å². The Kier molecular flexibility index (Phi) is 5.65. The summed E-state index contributed by atoms with van der Waals surface area (Å²) >= 11 is 0. The molecule has 0 bridgehead atoms. The van der Waals surface area contributed by atoms with Crippen molar-refractivity contribution >= 4 is 17.8 Å². The zero-order chi connectivity index (χ0) is 22.9. The second-order valence-corrected chi connectivity index (χ2v) is 8.07. The molecule has 1 aromatic heterocycles. The van der Waals surface area contributed by atoms with E-state index in [1.54, 1.807) is 25.6 Å². The molecule has 6 nitrogen and oxygen atoms in total. The normalized spacial score (nSPS) is 18.8. The lowest BCUT2D eigenvalue weighted by atomic mass is 9.85. The number of hydrogen-bond acceptors (Lipinski definition) is 4. The van der Waals surface area contributed by atoms with Crippen molar-refractivity contribution in [2.24, 2.45) is 4.99 Å². The first kappa shape index (κ1) is 21.5. The second kappa shape index (κ2) is 8.42. The fraction of sp³-hybridized carbons (Fsp3) is 0.240. The summed E-state index contributed by atoms with van der Waals surface area (Å²) in [5.74, 6) is 0.731. The Morgan fingerprint density at radius 3 is 2.56 bits per heavy atom. The summed E-state index contributed by atoms with van der Waals surface area (Å²) in [6.45, 7) is 3.90. The van der Waals surface area contributed by atoms with Gasteiger partial charge >= 0.3 is 0 Å². The minimum atomic E-state index is -0.618. The smallest absolute Gasteiger partial charge is 0.250 e. The van der Waals surface area contributed by atoms with Gasteiger partial charge in [-0.2, -0.15) is 4.99 Å². The molecular formula is C25H25FN4O2. The minimum absolute atomic E-state index is 0.210. The standard InChI is InChI=1S/C25H25FN4O2/c1-17-15-30(16-27-17)21-11-5-18(13-22(21)32-4)6-12-23-28-24(31)14-25(2,29(23)3)19-7-9-20(26)10-8-19/h5-13,15-16H,14H2,1-4H3. The van der Waals surface area contributed by atoms with Crippen LogP contribution in [0.25, 0.3) is 11.8 Å². The van der Waals surface area contributed by atoms with Gasteiger partial charge in [0.05, 0.1) is 36.8 Å². The molecule has 7 heteroatoms. The number of rotatable bonds is 5. The van der Waals surface area contributed by atoms with Crippen LogP contribution in [0.4, 0.5) is 4.39 Å². The van der Waals surface area contributed by atoms with E-state index in [1.807, 2.05) is 66.9 Å². The third-order valence-electron chi connectivity index (χ3n) is 5.90. The summed E-state index contributed by atoms with van der Waals surface area (Å²) < 4.78 is 20.9. The number of aliphatic imine (C=N–C) groups is 1. The maximum absolute atomic E-state index is 13.4. The Balaban J connectivity index is 1.62. The van der Waals surface area contributed by atoms with E-state index in [-0.39, 0.29) is 18.1 Å². The number of imidazole rings is 1. The largest absolute Gasteiger partial charge is 0.495 e. The van der Waals surface area contributed by atoms with Gasteiger partial charge in [-0.15, -0.1) is 0 Å². The number of likely N-dealkylation sites (N-methyl/N-ethyl adjacent to an activating group) is 1. The first-order valence-corrected chi connectivity index (χ1v) is 10.3. The van der Waals surface area contributed by atoms with E-state index < -0.39 is 5.54 Å². The summed E-state index contributed by atoms with van der Waals surface area (Å²) in [5, 5.41) is 0. The molecule has 2 heterocycles. The van der Waals surface area contributed by atoms with Gasteiger partial charge in [0, 0.05) is 13.2 Å². The molecule has 1 amide bonds. The lowest BCUT2D eigenvalue weighted by Gasteiger charge is -2.42. The second-order valence-electron chi connectivity index (χ2n) is 8.07. The summed E-state index contributed by atoms with van der Waals surface area (Å²) in [5.41, 5.74) is 2.95. The van der Waals surface area contributed by atoms with Crippen LogP contribution in [0.1, 0.15) is 30.2 Å². The molecule has 0 N–H and O–H groups in total. The molecule has 1 atom stereocenters. The number of aromatic nitrogens is 2. The van der Waals surface area contributed by atoms with Gasteiger partial charge in [-0.25, -0.2) is 9.37 Å². The van der Waals surface area contributed by atoms with Gasteiger partial charge in [0.1, 0.15) is 17.4 Å². The Morgan fingerprint density at radius 1 is 1.16 bits per heavy atom. The summed E-state index contributed by atoms with van der Waals surface area (Å²) in [7, 11) is 3.52. The Hall–Kier alpha value is -3.74. The minimum Gasteiger partial charge on any atom is -0.495 e. The lowest BCUT2D eigenvalue weighted by Crippen LogP contribution is -2.49. The van der Waals surface area contributed by atoms with E-state index in [4.69, 9.17) is 4.74 Å². The van der Waals surface area contributed by atoms with Gasteiger partial charge < -0.3 is 14.2 Å². The molecular weight excluding hydrogens is 407 g/mol. The number of ether oxygens (including phenoxy) is 1. The molecule has 0 spiro atoms. The first-order chi connectivity index (χ1) is 15.3. The highest BCUT2D eigenvalue weighted by Gasteiger charge is 2.38. The number of carbonyl (C=O) groups is 1. The van der Waals surface area contributed by atoms with Crippen molar-refractivity contribution in [3.63, 3.8) is 0 Å². The zero-order valence-electron chi connectivity index (χ0n) is 18.5. The van der Waals surface area contributed by atoms with Crippen LogP contribution in [0.3, 0.4) is 0 Å². The molecule has 2 aromatic carbocycles. The maximum Gasteiger partial charge on any atom is 0.250 e. The highest BCUT2D eigenvalue weighted by molar-refractivity contribution is 6.05. The van der Waals surface area contributed by atoms with E-state index in [0.717, 1.165) is 22.5 Å². The van der Waals surface area contributed by atoms with Gasteiger partial charge in [-0.1, -0.05) is 24.3 Å². The van der Waals surface area contributed by atoms with Crippen LogP contribution in [0, 0.1) is 12.7 Å². The van der Waals surface area contributed by atoms with Crippen molar-refractivity contribution in [2.75, 3.05) is 14.2 Å². The number of nitrogens with zero attached hydrogens (tertiary/aromatic N) is 4. The fourth-order valence-corrected chi connectivity index (χ4v) is 3.90. The summed E-state index contributed by atoms with van der Waals surface area (Å²) in [4.78, 5) is 22.9. The van der Waals surface area contributed by atoms with Crippen LogP contribution in [0.15, 0.2) is 66.1 Å². The molecule has 0 radical (unpaired) electrons. The molecule has 4 rings (SSSR count). The van der Waals surface area contributed by atoms with Crippen LogP contribution < -0.4 is 4.74 Å². The van der Waals surface area contributed by atoms with Gasteiger partial charge in [0.25, 0.3) is 0 Å². The SMILES string of the molecule is COc1cc(C=CC2=NC(=O)CC(C)(c3ccc(F)cc3)N2C)ccc1-n1cnc(C)c1. The quantitative estimate of drug-likeness (QED) is 0.595. The van der Waals surface area contributed by atoms with Crippen LogP contribution in [-0.4, -0.2) is 40.4 Å². The third-order valence-corrected chi connectivity index (χ3v) is 5.90. The first-order valence-electron chi connectivity index (χ1n) is 10.3. The molecule has 0 saturated carbocycles. The number of carbonyl (C=O) groups excluding carboxylic acids is 1.